The van der Waals surface area contributed by atoms with E-state index in [9.17, 15) is 9.59 Å². The zero-order valence-electron chi connectivity index (χ0n) is 19.7. The molecule has 178 valence electrons. The average molecular weight is 469 g/mol. The third-order valence-electron chi connectivity index (χ3n) is 5.42. The molecule has 0 radical (unpaired) electrons. The molecule has 1 aliphatic heterocycles. The smallest absolute Gasteiger partial charge is 0.329 e. The van der Waals surface area contributed by atoms with Gasteiger partial charge in [0.1, 0.15) is 17.2 Å². The fourth-order valence-electron chi connectivity index (χ4n) is 3.72. The third-order valence-corrected chi connectivity index (χ3v) is 5.42. The fourth-order valence-corrected chi connectivity index (χ4v) is 3.72. The molecule has 35 heavy (non-hydrogen) atoms. The highest BCUT2D eigenvalue weighted by atomic mass is 16.2. The van der Waals surface area contributed by atoms with Crippen molar-refractivity contribution < 1.29 is 9.59 Å². The molecule has 0 unspecified atom stereocenters. The molecule has 1 aliphatic rings. The lowest BCUT2D eigenvalue weighted by atomic mass is 10.1. The number of imide groups is 1. The van der Waals surface area contributed by atoms with Gasteiger partial charge >= 0.3 is 6.03 Å². The van der Waals surface area contributed by atoms with Crippen molar-refractivity contribution in [1.82, 2.24) is 20.5 Å². The largest absolute Gasteiger partial charge is 0.367 e. The topological polar surface area (TPSA) is 110 Å². The number of para-hydroxylation sites is 1. The summed E-state index contributed by atoms with van der Waals surface area (Å²) in [5, 5.41) is 17.5. The van der Waals surface area contributed by atoms with E-state index >= 15 is 0 Å². The summed E-state index contributed by atoms with van der Waals surface area (Å²) in [5.74, 6) is -0.263. The monoisotopic (exact) mass is 468 g/mol. The zero-order chi connectivity index (χ0) is 24.8. The minimum Gasteiger partial charge on any atom is -0.367 e. The molecule has 3 amide bonds. The summed E-state index contributed by atoms with van der Waals surface area (Å²) in [6, 6.07) is 22.6. The van der Waals surface area contributed by atoms with Gasteiger partial charge in [-0.1, -0.05) is 62.4 Å². The van der Waals surface area contributed by atoms with Gasteiger partial charge in [0, 0.05) is 30.5 Å². The van der Waals surface area contributed by atoms with Crippen LogP contribution in [0.5, 0.6) is 0 Å². The Hall–Kier alpha value is -4.46. The maximum Gasteiger partial charge on any atom is 0.329 e. The molecule has 1 fully saturated rings. The third kappa shape index (κ3) is 5.73. The maximum absolute atomic E-state index is 12.8. The van der Waals surface area contributed by atoms with Crippen molar-refractivity contribution in [3.8, 4) is 11.3 Å². The van der Waals surface area contributed by atoms with Crippen molar-refractivity contribution >= 4 is 23.5 Å². The maximum atomic E-state index is 12.8. The Morgan fingerprint density at radius 3 is 2.37 bits per heavy atom. The SMILES string of the molecule is CC(C)CN1C(=N)/C(=C(\NCc2ccc(-c3ccccn3)cc2)Nc2ccccc2)C(=O)NC1=O. The minimum absolute atomic E-state index is 0.0826. The quantitative estimate of drug-likeness (QED) is 0.368. The van der Waals surface area contributed by atoms with E-state index in [2.05, 4.69) is 20.9 Å². The predicted octanol–water partition coefficient (Wildman–Crippen LogP) is 4.35. The second-order valence-electron chi connectivity index (χ2n) is 8.62. The van der Waals surface area contributed by atoms with Gasteiger partial charge < -0.3 is 10.6 Å². The highest BCUT2D eigenvalue weighted by molar-refractivity contribution is 6.30. The van der Waals surface area contributed by atoms with Crippen molar-refractivity contribution in [3.05, 3.63) is 96.0 Å². The second kappa shape index (κ2) is 10.6. The van der Waals surface area contributed by atoms with Crippen LogP contribution >= 0.6 is 0 Å². The summed E-state index contributed by atoms with van der Waals surface area (Å²) in [6.07, 6.45) is 1.76. The normalized spacial score (nSPS) is 15.2. The van der Waals surface area contributed by atoms with Gasteiger partial charge in [0.15, 0.2) is 0 Å². The van der Waals surface area contributed by atoms with Gasteiger partial charge in [0.05, 0.1) is 5.69 Å². The number of nitrogens with zero attached hydrogens (tertiary/aromatic N) is 2. The fraction of sp³-hybridized carbons (Fsp3) is 0.185. The van der Waals surface area contributed by atoms with Gasteiger partial charge in [-0.05, 0) is 35.7 Å². The van der Waals surface area contributed by atoms with E-state index in [1.807, 2.05) is 86.6 Å². The van der Waals surface area contributed by atoms with Crippen molar-refractivity contribution in [2.45, 2.75) is 20.4 Å². The van der Waals surface area contributed by atoms with Crippen LogP contribution < -0.4 is 16.0 Å². The Balaban J connectivity index is 1.61. The number of nitrogens with one attached hydrogen (secondary N) is 4. The molecule has 3 aromatic rings. The standard InChI is InChI=1S/C27H28N6O2/c1-18(2)17-33-24(28)23(26(34)32-27(33)35)25(31-21-8-4-3-5-9-21)30-16-19-11-13-20(14-12-19)22-10-6-7-15-29-22/h3-15,18,28,30-31H,16-17H2,1-2H3,(H,32,34,35)/b25-23-,28-24?. The zero-order valence-corrected chi connectivity index (χ0v) is 19.7. The number of hydrogen-bond donors (Lipinski definition) is 4. The number of carbonyl (C=O) groups excluding carboxylic acids is 2. The first-order valence-corrected chi connectivity index (χ1v) is 11.4. The van der Waals surface area contributed by atoms with Crippen LogP contribution in [0.2, 0.25) is 0 Å². The van der Waals surface area contributed by atoms with E-state index < -0.39 is 11.9 Å². The first-order chi connectivity index (χ1) is 16.9. The summed E-state index contributed by atoms with van der Waals surface area (Å²) in [6.45, 7) is 4.64. The Morgan fingerprint density at radius 1 is 1.00 bits per heavy atom. The second-order valence-corrected chi connectivity index (χ2v) is 8.62. The van der Waals surface area contributed by atoms with E-state index in [4.69, 9.17) is 5.41 Å². The van der Waals surface area contributed by atoms with Gasteiger partial charge in [0.25, 0.3) is 5.91 Å². The number of carbonyl (C=O) groups is 2. The average Bonchev–Trinajstić information content (AvgIpc) is 2.86. The molecule has 8 heteroatoms. The number of rotatable bonds is 8. The molecule has 4 N–H and O–H groups in total. The molecular formula is C27H28N6O2. The minimum atomic E-state index is -0.614. The Morgan fingerprint density at radius 2 is 1.71 bits per heavy atom. The molecular weight excluding hydrogens is 440 g/mol. The first-order valence-electron chi connectivity index (χ1n) is 11.4. The van der Waals surface area contributed by atoms with Crippen LogP contribution in [-0.4, -0.2) is 34.2 Å². The lowest BCUT2D eigenvalue weighted by molar-refractivity contribution is -0.116. The predicted molar refractivity (Wildman–Crippen MR) is 136 cm³/mol. The van der Waals surface area contributed by atoms with E-state index in [1.54, 1.807) is 6.20 Å². The Kier molecular flexibility index (Phi) is 7.21. The van der Waals surface area contributed by atoms with Crippen LogP contribution in [0.3, 0.4) is 0 Å². The van der Waals surface area contributed by atoms with E-state index in [-0.39, 0.29) is 17.3 Å². The number of aromatic nitrogens is 1. The number of pyridine rings is 1. The van der Waals surface area contributed by atoms with Crippen LogP contribution in [0, 0.1) is 11.3 Å². The van der Waals surface area contributed by atoms with Crippen molar-refractivity contribution in [2.75, 3.05) is 11.9 Å². The molecule has 0 saturated carbocycles. The summed E-state index contributed by atoms with van der Waals surface area (Å²) in [7, 11) is 0. The number of amidine groups is 1. The van der Waals surface area contributed by atoms with Crippen LogP contribution in [0.25, 0.3) is 11.3 Å². The molecule has 2 aromatic carbocycles. The van der Waals surface area contributed by atoms with Gasteiger partial charge in [0.2, 0.25) is 0 Å². The highest BCUT2D eigenvalue weighted by Crippen LogP contribution is 2.20. The summed E-state index contributed by atoms with van der Waals surface area (Å²) in [5.41, 5.74) is 3.71. The van der Waals surface area contributed by atoms with Crippen molar-refractivity contribution in [2.24, 2.45) is 5.92 Å². The first kappa shape index (κ1) is 23.7. The van der Waals surface area contributed by atoms with Crippen molar-refractivity contribution in [3.63, 3.8) is 0 Å². The molecule has 8 nitrogen and oxygen atoms in total. The summed E-state index contributed by atoms with van der Waals surface area (Å²) >= 11 is 0. The van der Waals surface area contributed by atoms with Gasteiger partial charge in [-0.3, -0.25) is 25.4 Å². The van der Waals surface area contributed by atoms with Gasteiger partial charge in [-0.25, -0.2) is 4.79 Å². The number of amides is 3. The molecule has 1 aromatic heterocycles. The molecule has 0 bridgehead atoms. The summed E-state index contributed by atoms with van der Waals surface area (Å²) < 4.78 is 0. The lowest BCUT2D eigenvalue weighted by Crippen LogP contribution is -2.56. The molecule has 2 heterocycles. The van der Waals surface area contributed by atoms with Gasteiger partial charge in [-0.2, -0.15) is 0 Å². The molecule has 0 atom stereocenters. The number of benzene rings is 2. The van der Waals surface area contributed by atoms with Crippen LogP contribution in [0.4, 0.5) is 10.5 Å². The molecule has 0 aliphatic carbocycles. The Labute approximate surface area is 204 Å². The van der Waals surface area contributed by atoms with Crippen molar-refractivity contribution in [1.29, 1.82) is 5.41 Å². The van der Waals surface area contributed by atoms with E-state index in [1.165, 1.54) is 4.90 Å². The lowest BCUT2D eigenvalue weighted by Gasteiger charge is -2.31. The van der Waals surface area contributed by atoms with Gasteiger partial charge in [-0.15, -0.1) is 0 Å². The number of hydrogen-bond acceptors (Lipinski definition) is 6. The van der Waals surface area contributed by atoms with Crippen LogP contribution in [0.1, 0.15) is 19.4 Å². The van der Waals surface area contributed by atoms with Crippen LogP contribution in [-0.2, 0) is 11.3 Å². The number of anilines is 1. The molecule has 4 rings (SSSR count). The highest BCUT2D eigenvalue weighted by Gasteiger charge is 2.35. The van der Waals surface area contributed by atoms with E-state index in [0.717, 1.165) is 22.5 Å². The van der Waals surface area contributed by atoms with Crippen LogP contribution in [0.15, 0.2) is 90.4 Å². The summed E-state index contributed by atoms with van der Waals surface area (Å²) in [4.78, 5) is 30.9. The molecule has 0 spiro atoms. The van der Waals surface area contributed by atoms with E-state index in [0.29, 0.717) is 18.9 Å². The Bertz CT molecular complexity index is 1240. The number of urea groups is 1. The molecule has 1 saturated heterocycles.